The standard InChI is InChI=1S/C16H22N2O3/c1-18(10-4-7-15(19)20)16(21)17-14-9-8-12-5-2-3-6-13(12)11-14/h2-3,5-6,14H,4,7-11H2,1H3,(H,17,21)(H,19,20). The fourth-order valence-corrected chi connectivity index (χ4v) is 2.67. The summed E-state index contributed by atoms with van der Waals surface area (Å²) in [5.41, 5.74) is 2.68. The smallest absolute Gasteiger partial charge is 0.317 e. The van der Waals surface area contributed by atoms with Gasteiger partial charge in [0.25, 0.3) is 0 Å². The minimum absolute atomic E-state index is 0.0917. The van der Waals surface area contributed by atoms with Gasteiger partial charge in [-0.05, 0) is 36.8 Å². The molecule has 0 aliphatic heterocycles. The van der Waals surface area contributed by atoms with Crippen molar-refractivity contribution in [1.29, 1.82) is 0 Å². The molecule has 0 saturated carbocycles. The molecule has 114 valence electrons. The van der Waals surface area contributed by atoms with Gasteiger partial charge in [0.1, 0.15) is 0 Å². The second kappa shape index (κ2) is 7.11. The molecular weight excluding hydrogens is 268 g/mol. The maximum Gasteiger partial charge on any atom is 0.317 e. The Morgan fingerprint density at radius 2 is 2.05 bits per heavy atom. The van der Waals surface area contributed by atoms with E-state index in [0.29, 0.717) is 13.0 Å². The zero-order chi connectivity index (χ0) is 15.2. The van der Waals surface area contributed by atoms with Crippen LogP contribution < -0.4 is 5.32 Å². The fraction of sp³-hybridized carbons (Fsp3) is 0.500. The zero-order valence-corrected chi connectivity index (χ0v) is 12.3. The summed E-state index contributed by atoms with van der Waals surface area (Å²) in [5.74, 6) is -0.826. The summed E-state index contributed by atoms with van der Waals surface area (Å²) in [6.45, 7) is 0.460. The molecule has 0 fully saturated rings. The quantitative estimate of drug-likeness (QED) is 0.872. The second-order valence-electron chi connectivity index (χ2n) is 5.58. The highest BCUT2D eigenvalue weighted by atomic mass is 16.4. The van der Waals surface area contributed by atoms with Crippen molar-refractivity contribution in [2.24, 2.45) is 0 Å². The van der Waals surface area contributed by atoms with Crippen LogP contribution in [0.25, 0.3) is 0 Å². The second-order valence-corrected chi connectivity index (χ2v) is 5.58. The summed E-state index contributed by atoms with van der Waals surface area (Å²) in [5, 5.41) is 11.6. The third-order valence-corrected chi connectivity index (χ3v) is 3.91. The number of hydrogen-bond donors (Lipinski definition) is 2. The average molecular weight is 290 g/mol. The molecule has 1 aromatic carbocycles. The van der Waals surface area contributed by atoms with Gasteiger partial charge in [-0.25, -0.2) is 4.79 Å². The van der Waals surface area contributed by atoms with Crippen LogP contribution in [0.3, 0.4) is 0 Å². The summed E-state index contributed by atoms with van der Waals surface area (Å²) in [7, 11) is 1.70. The van der Waals surface area contributed by atoms with Crippen molar-refractivity contribution in [1.82, 2.24) is 10.2 Å². The van der Waals surface area contributed by atoms with E-state index in [2.05, 4.69) is 17.4 Å². The number of nitrogens with one attached hydrogen (secondary N) is 1. The van der Waals surface area contributed by atoms with Crippen molar-refractivity contribution in [2.75, 3.05) is 13.6 Å². The molecule has 1 aliphatic rings. The summed E-state index contributed by atoms with van der Waals surface area (Å²) in [4.78, 5) is 24.1. The van der Waals surface area contributed by atoms with Crippen LogP contribution >= 0.6 is 0 Å². The number of benzene rings is 1. The molecule has 1 aromatic rings. The predicted molar refractivity (Wildman–Crippen MR) is 80.3 cm³/mol. The van der Waals surface area contributed by atoms with Gasteiger partial charge in [-0.15, -0.1) is 0 Å². The molecule has 2 amide bonds. The molecule has 1 atom stereocenters. The number of carboxylic acid groups (broad SMARTS) is 1. The number of carbonyl (C=O) groups excluding carboxylic acids is 1. The van der Waals surface area contributed by atoms with Crippen LogP contribution in [0.4, 0.5) is 4.79 Å². The van der Waals surface area contributed by atoms with Crippen LogP contribution in [0.2, 0.25) is 0 Å². The van der Waals surface area contributed by atoms with Gasteiger partial charge in [-0.2, -0.15) is 0 Å². The van der Waals surface area contributed by atoms with E-state index in [1.165, 1.54) is 11.1 Å². The third kappa shape index (κ3) is 4.48. The Morgan fingerprint density at radius 1 is 1.33 bits per heavy atom. The Morgan fingerprint density at radius 3 is 2.76 bits per heavy atom. The summed E-state index contributed by atoms with van der Waals surface area (Å²) >= 11 is 0. The van der Waals surface area contributed by atoms with Crippen molar-refractivity contribution >= 4 is 12.0 Å². The monoisotopic (exact) mass is 290 g/mol. The lowest BCUT2D eigenvalue weighted by Crippen LogP contribution is -2.45. The Kier molecular flexibility index (Phi) is 5.20. The highest BCUT2D eigenvalue weighted by Gasteiger charge is 2.21. The van der Waals surface area contributed by atoms with Crippen LogP contribution in [0.1, 0.15) is 30.4 Å². The SMILES string of the molecule is CN(CCCC(=O)O)C(=O)NC1CCc2ccccc2C1. The van der Waals surface area contributed by atoms with E-state index >= 15 is 0 Å². The molecule has 1 aliphatic carbocycles. The van der Waals surface area contributed by atoms with E-state index in [0.717, 1.165) is 19.3 Å². The lowest BCUT2D eigenvalue weighted by molar-refractivity contribution is -0.137. The number of carboxylic acids is 1. The first kappa shape index (κ1) is 15.4. The van der Waals surface area contributed by atoms with Crippen molar-refractivity contribution in [3.05, 3.63) is 35.4 Å². The molecule has 0 spiro atoms. The molecule has 21 heavy (non-hydrogen) atoms. The van der Waals surface area contributed by atoms with E-state index in [1.807, 2.05) is 12.1 Å². The molecule has 5 heteroatoms. The highest BCUT2D eigenvalue weighted by molar-refractivity contribution is 5.74. The van der Waals surface area contributed by atoms with Crippen LogP contribution in [-0.4, -0.2) is 41.6 Å². The largest absolute Gasteiger partial charge is 0.481 e. The van der Waals surface area contributed by atoms with E-state index in [-0.39, 0.29) is 18.5 Å². The molecular formula is C16H22N2O3. The van der Waals surface area contributed by atoms with Gasteiger partial charge in [0.15, 0.2) is 0 Å². The predicted octanol–water partition coefficient (Wildman–Crippen LogP) is 2.05. The number of carbonyl (C=O) groups is 2. The summed E-state index contributed by atoms with van der Waals surface area (Å²) in [6.07, 6.45) is 3.38. The molecule has 0 bridgehead atoms. The van der Waals surface area contributed by atoms with Crippen molar-refractivity contribution in [3.63, 3.8) is 0 Å². The highest BCUT2D eigenvalue weighted by Crippen LogP contribution is 2.21. The minimum Gasteiger partial charge on any atom is -0.481 e. The van der Waals surface area contributed by atoms with Crippen molar-refractivity contribution < 1.29 is 14.7 Å². The Bertz CT molecular complexity index is 516. The molecule has 0 aromatic heterocycles. The maximum atomic E-state index is 12.1. The molecule has 0 saturated heterocycles. The van der Waals surface area contributed by atoms with Crippen LogP contribution in [0.15, 0.2) is 24.3 Å². The van der Waals surface area contributed by atoms with Crippen molar-refractivity contribution in [3.8, 4) is 0 Å². The van der Waals surface area contributed by atoms with E-state index in [9.17, 15) is 9.59 Å². The number of aliphatic carboxylic acids is 1. The van der Waals surface area contributed by atoms with Gasteiger partial charge in [-0.1, -0.05) is 24.3 Å². The van der Waals surface area contributed by atoms with E-state index in [4.69, 9.17) is 5.11 Å². The maximum absolute atomic E-state index is 12.1. The number of urea groups is 1. The molecule has 1 unspecified atom stereocenters. The Balaban J connectivity index is 1.79. The lowest BCUT2D eigenvalue weighted by atomic mass is 9.88. The molecule has 0 radical (unpaired) electrons. The number of amides is 2. The van der Waals surface area contributed by atoms with Crippen LogP contribution in [-0.2, 0) is 17.6 Å². The first-order valence-electron chi connectivity index (χ1n) is 7.36. The molecule has 2 rings (SSSR count). The average Bonchev–Trinajstić information content (AvgIpc) is 2.46. The van der Waals surface area contributed by atoms with Gasteiger partial charge in [0.05, 0.1) is 0 Å². The number of fused-ring (bicyclic) bond motifs is 1. The Labute approximate surface area is 125 Å². The lowest BCUT2D eigenvalue weighted by Gasteiger charge is -2.27. The number of nitrogens with zero attached hydrogens (tertiary/aromatic N) is 1. The fourth-order valence-electron chi connectivity index (χ4n) is 2.67. The minimum atomic E-state index is -0.826. The van der Waals surface area contributed by atoms with E-state index in [1.54, 1.807) is 11.9 Å². The molecule has 5 nitrogen and oxygen atoms in total. The van der Waals surface area contributed by atoms with Crippen molar-refractivity contribution in [2.45, 2.75) is 38.1 Å². The van der Waals surface area contributed by atoms with E-state index < -0.39 is 5.97 Å². The van der Waals surface area contributed by atoms with Gasteiger partial charge in [-0.3, -0.25) is 4.79 Å². The first-order chi connectivity index (χ1) is 10.1. The van der Waals surface area contributed by atoms with Gasteiger partial charge >= 0.3 is 12.0 Å². The van der Waals surface area contributed by atoms with Crippen LogP contribution in [0.5, 0.6) is 0 Å². The van der Waals surface area contributed by atoms with Crippen LogP contribution in [0, 0.1) is 0 Å². The Hall–Kier alpha value is -2.04. The third-order valence-electron chi connectivity index (χ3n) is 3.91. The van der Waals surface area contributed by atoms with Gasteiger partial charge < -0.3 is 15.3 Å². The topological polar surface area (TPSA) is 69.6 Å². The zero-order valence-electron chi connectivity index (χ0n) is 12.3. The normalized spacial score (nSPS) is 16.9. The van der Waals surface area contributed by atoms with Gasteiger partial charge in [0.2, 0.25) is 0 Å². The molecule has 2 N–H and O–H groups in total. The first-order valence-corrected chi connectivity index (χ1v) is 7.36. The summed E-state index contributed by atoms with van der Waals surface area (Å²) in [6, 6.07) is 8.38. The number of rotatable bonds is 5. The van der Waals surface area contributed by atoms with Gasteiger partial charge in [0, 0.05) is 26.1 Å². The number of aryl methyl sites for hydroxylation is 1. The number of hydrogen-bond acceptors (Lipinski definition) is 2. The molecule has 0 heterocycles. The summed E-state index contributed by atoms with van der Waals surface area (Å²) < 4.78 is 0.